The number of ether oxygens (including phenoxy) is 1. The Morgan fingerprint density at radius 1 is 1.19 bits per heavy atom. The van der Waals surface area contributed by atoms with E-state index in [1.54, 1.807) is 31.4 Å². The van der Waals surface area contributed by atoms with Crippen molar-refractivity contribution in [1.29, 1.82) is 0 Å². The summed E-state index contributed by atoms with van der Waals surface area (Å²) >= 11 is 0. The highest BCUT2D eigenvalue weighted by molar-refractivity contribution is 5.97. The molecule has 0 saturated carbocycles. The maximum atomic E-state index is 12.8. The number of methoxy groups -OCH3 is 1. The van der Waals surface area contributed by atoms with Gasteiger partial charge in [-0.1, -0.05) is 39.0 Å². The lowest BCUT2D eigenvalue weighted by Gasteiger charge is -2.32. The maximum absolute atomic E-state index is 12.8. The van der Waals surface area contributed by atoms with Crippen molar-refractivity contribution in [3.8, 4) is 5.75 Å². The molecule has 1 aromatic rings. The number of carbonyl (C=O) groups is 3. The average molecular weight is 448 g/mol. The first-order chi connectivity index (χ1) is 14.9. The Labute approximate surface area is 188 Å². The third kappa shape index (κ3) is 7.35. The molecule has 3 amide bonds. The molecule has 0 heterocycles. The summed E-state index contributed by atoms with van der Waals surface area (Å²) in [5.41, 5.74) is 6.14. The second kappa shape index (κ2) is 10.6. The van der Waals surface area contributed by atoms with Gasteiger partial charge < -0.3 is 31.3 Å². The van der Waals surface area contributed by atoms with Gasteiger partial charge in [0.1, 0.15) is 17.9 Å². The third-order valence-electron chi connectivity index (χ3n) is 5.13. The quantitative estimate of drug-likeness (QED) is 0.384. The van der Waals surface area contributed by atoms with Gasteiger partial charge in [0, 0.05) is 24.8 Å². The van der Waals surface area contributed by atoms with Crippen LogP contribution in [-0.2, 0) is 20.8 Å². The lowest BCUT2D eigenvalue weighted by Crippen LogP contribution is -2.52. The van der Waals surface area contributed by atoms with E-state index in [2.05, 4.69) is 10.6 Å². The van der Waals surface area contributed by atoms with Gasteiger partial charge in [-0.25, -0.2) is 0 Å². The highest BCUT2D eigenvalue weighted by atomic mass is 16.5. The third-order valence-corrected chi connectivity index (χ3v) is 5.13. The van der Waals surface area contributed by atoms with Crippen LogP contribution in [-0.4, -0.2) is 59.3 Å². The summed E-state index contributed by atoms with van der Waals surface area (Å²) < 4.78 is 5.11. The second-order valence-corrected chi connectivity index (χ2v) is 9.27. The topological polar surface area (TPSA) is 151 Å². The average Bonchev–Trinajstić information content (AvgIpc) is 2.69. The number of nitrogens with one attached hydrogen (secondary N) is 2. The van der Waals surface area contributed by atoms with Crippen molar-refractivity contribution in [2.75, 3.05) is 7.11 Å². The Morgan fingerprint density at radius 3 is 2.34 bits per heavy atom. The van der Waals surface area contributed by atoms with E-state index in [4.69, 9.17) is 10.5 Å². The molecule has 0 bridgehead atoms. The smallest absolute Gasteiger partial charge is 0.247 e. The summed E-state index contributed by atoms with van der Waals surface area (Å²) in [6.45, 7) is 5.71. The van der Waals surface area contributed by atoms with E-state index in [1.807, 2.05) is 20.8 Å². The van der Waals surface area contributed by atoms with Crippen molar-refractivity contribution in [3.63, 3.8) is 0 Å². The number of hydrogen-bond donors (Lipinski definition) is 5. The van der Waals surface area contributed by atoms with Crippen LogP contribution in [0.2, 0.25) is 0 Å². The van der Waals surface area contributed by atoms with Gasteiger partial charge in [0.15, 0.2) is 0 Å². The fourth-order valence-corrected chi connectivity index (χ4v) is 3.45. The van der Waals surface area contributed by atoms with Crippen LogP contribution in [0.3, 0.4) is 0 Å². The van der Waals surface area contributed by atoms with Crippen molar-refractivity contribution in [3.05, 3.63) is 41.5 Å². The largest absolute Gasteiger partial charge is 0.497 e. The molecule has 0 aromatic heterocycles. The highest BCUT2D eigenvalue weighted by Gasteiger charge is 2.35. The number of hydrogen-bond acceptors (Lipinski definition) is 6. The molecule has 0 unspecified atom stereocenters. The zero-order valence-corrected chi connectivity index (χ0v) is 18.9. The van der Waals surface area contributed by atoms with E-state index in [1.165, 1.54) is 6.08 Å². The van der Waals surface area contributed by atoms with Crippen LogP contribution >= 0.6 is 0 Å². The summed E-state index contributed by atoms with van der Waals surface area (Å²) in [7, 11) is 1.55. The van der Waals surface area contributed by atoms with Gasteiger partial charge in [-0.3, -0.25) is 14.4 Å². The van der Waals surface area contributed by atoms with Crippen LogP contribution in [0.25, 0.3) is 0 Å². The first-order valence-corrected chi connectivity index (χ1v) is 10.5. The zero-order chi connectivity index (χ0) is 24.1. The molecule has 9 nitrogen and oxygen atoms in total. The molecule has 6 N–H and O–H groups in total. The van der Waals surface area contributed by atoms with Crippen LogP contribution in [0, 0.1) is 5.41 Å². The predicted molar refractivity (Wildman–Crippen MR) is 119 cm³/mol. The van der Waals surface area contributed by atoms with Crippen LogP contribution < -0.4 is 21.1 Å². The minimum atomic E-state index is -1.25. The molecule has 9 heteroatoms. The Kier molecular flexibility index (Phi) is 8.40. The van der Waals surface area contributed by atoms with E-state index in [0.29, 0.717) is 5.75 Å². The number of primary amides is 1. The van der Waals surface area contributed by atoms with E-state index < -0.39 is 36.1 Å². The second-order valence-electron chi connectivity index (χ2n) is 9.27. The minimum Gasteiger partial charge on any atom is -0.497 e. The Balaban J connectivity index is 2.11. The van der Waals surface area contributed by atoms with Crippen molar-refractivity contribution >= 4 is 17.7 Å². The monoisotopic (exact) mass is 447 g/mol. The first kappa shape index (κ1) is 25.4. The lowest BCUT2D eigenvalue weighted by atomic mass is 9.88. The number of nitrogens with two attached hydrogens (primary N) is 1. The van der Waals surface area contributed by atoms with Gasteiger partial charge in [0.2, 0.25) is 17.7 Å². The highest BCUT2D eigenvalue weighted by Crippen LogP contribution is 2.22. The number of carbonyl (C=O) groups excluding carboxylic acids is 3. The molecule has 1 aliphatic rings. The summed E-state index contributed by atoms with van der Waals surface area (Å²) in [6, 6.07) is 5.10. The van der Waals surface area contributed by atoms with Crippen LogP contribution in [0.15, 0.2) is 35.9 Å². The van der Waals surface area contributed by atoms with Crippen molar-refractivity contribution in [2.24, 2.45) is 11.1 Å². The fourth-order valence-electron chi connectivity index (χ4n) is 3.45. The van der Waals surface area contributed by atoms with E-state index >= 15 is 0 Å². The molecule has 176 valence electrons. The molecule has 32 heavy (non-hydrogen) atoms. The van der Waals surface area contributed by atoms with Crippen molar-refractivity contribution < 1.29 is 29.3 Å². The summed E-state index contributed by atoms with van der Waals surface area (Å²) in [6.07, 6.45) is -0.801. The van der Waals surface area contributed by atoms with Crippen molar-refractivity contribution in [1.82, 2.24) is 10.6 Å². The summed E-state index contributed by atoms with van der Waals surface area (Å²) in [4.78, 5) is 37.0. The van der Waals surface area contributed by atoms with Gasteiger partial charge in [-0.15, -0.1) is 0 Å². The molecule has 0 spiro atoms. The van der Waals surface area contributed by atoms with Crippen LogP contribution in [0.1, 0.15) is 39.2 Å². The molecular weight excluding hydrogens is 414 g/mol. The molecule has 0 fully saturated rings. The molecule has 0 aliphatic heterocycles. The summed E-state index contributed by atoms with van der Waals surface area (Å²) in [5, 5.41) is 25.7. The Bertz CT molecular complexity index is 859. The SMILES string of the molecule is COc1ccc(C[C@H](NC(=O)C2=C[C@H](NC(=O)CC(C)(C)C)[C@@H](O)[C@H](O)C2)C(N)=O)cc1. The molecule has 1 aliphatic carbocycles. The first-order valence-electron chi connectivity index (χ1n) is 10.5. The van der Waals surface area contributed by atoms with Gasteiger partial charge in [0.05, 0.1) is 19.3 Å². The van der Waals surface area contributed by atoms with E-state index in [9.17, 15) is 24.6 Å². The number of aliphatic hydroxyl groups is 2. The zero-order valence-electron chi connectivity index (χ0n) is 18.9. The number of aliphatic hydroxyl groups excluding tert-OH is 2. The fraction of sp³-hybridized carbons (Fsp3) is 0.522. The van der Waals surface area contributed by atoms with Gasteiger partial charge in [-0.05, 0) is 23.1 Å². The normalized spacial score (nSPS) is 21.8. The van der Waals surface area contributed by atoms with Crippen LogP contribution in [0.4, 0.5) is 0 Å². The summed E-state index contributed by atoms with van der Waals surface area (Å²) in [5.74, 6) is -0.946. The molecule has 0 saturated heterocycles. The van der Waals surface area contributed by atoms with Gasteiger partial charge in [0.25, 0.3) is 0 Å². The van der Waals surface area contributed by atoms with Crippen LogP contribution in [0.5, 0.6) is 5.75 Å². The lowest BCUT2D eigenvalue weighted by molar-refractivity contribution is -0.126. The Morgan fingerprint density at radius 2 is 1.81 bits per heavy atom. The van der Waals surface area contributed by atoms with Gasteiger partial charge in [-0.2, -0.15) is 0 Å². The van der Waals surface area contributed by atoms with Crippen molar-refractivity contribution in [2.45, 2.75) is 64.3 Å². The Hall–Kier alpha value is -2.91. The van der Waals surface area contributed by atoms with Gasteiger partial charge >= 0.3 is 0 Å². The predicted octanol–water partition coefficient (Wildman–Crippen LogP) is 0.181. The maximum Gasteiger partial charge on any atom is 0.247 e. The molecule has 1 aromatic carbocycles. The van der Waals surface area contributed by atoms with E-state index in [0.717, 1.165) is 5.56 Å². The minimum absolute atomic E-state index is 0.118. The molecular formula is C23H33N3O6. The molecule has 2 rings (SSSR count). The van der Waals surface area contributed by atoms with E-state index in [-0.39, 0.29) is 36.2 Å². The number of rotatable bonds is 8. The number of amides is 3. The standard InChI is InChI=1S/C23H33N3O6/c1-23(2,3)12-19(28)25-16-10-14(11-18(27)20(16)29)22(31)26-17(21(24)30)9-13-5-7-15(32-4)8-6-13/h5-8,10,16-18,20,27,29H,9,11-12H2,1-4H3,(H2,24,30)(H,25,28)(H,26,31)/t16-,17-,18+,20+/m0/s1. The molecule has 0 radical (unpaired) electrons. The number of benzene rings is 1. The molecule has 4 atom stereocenters.